The molecule has 1 heterocycles. The van der Waals surface area contributed by atoms with Crippen LogP contribution in [0.25, 0.3) is 0 Å². The first kappa shape index (κ1) is 9.63. The van der Waals surface area contributed by atoms with E-state index in [1.807, 2.05) is 0 Å². The SMILES string of the molecule is NC(CNC(=O)N1CCCC1)=NO. The van der Waals surface area contributed by atoms with E-state index in [4.69, 9.17) is 10.9 Å². The number of amidine groups is 1. The number of nitrogens with one attached hydrogen (secondary N) is 1. The molecule has 1 aliphatic heterocycles. The Balaban J connectivity index is 2.24. The lowest BCUT2D eigenvalue weighted by Crippen LogP contribution is -2.42. The zero-order valence-electron chi connectivity index (χ0n) is 7.36. The van der Waals surface area contributed by atoms with Crippen LogP contribution in [0, 0.1) is 0 Å². The predicted octanol–water partition coefficient (Wildman–Crippen LogP) is -0.462. The fraction of sp³-hybridized carbons (Fsp3) is 0.714. The number of carbonyl (C=O) groups excluding carboxylic acids is 1. The molecular formula is C7H14N4O2. The highest BCUT2D eigenvalue weighted by Crippen LogP contribution is 2.06. The van der Waals surface area contributed by atoms with Gasteiger partial charge in [-0.05, 0) is 12.8 Å². The number of oxime groups is 1. The Morgan fingerprint density at radius 2 is 2.15 bits per heavy atom. The largest absolute Gasteiger partial charge is 0.409 e. The van der Waals surface area contributed by atoms with Crippen LogP contribution in [-0.4, -0.2) is 41.6 Å². The van der Waals surface area contributed by atoms with E-state index in [1.54, 1.807) is 4.90 Å². The van der Waals surface area contributed by atoms with Gasteiger partial charge in [-0.15, -0.1) is 0 Å². The van der Waals surface area contributed by atoms with Gasteiger partial charge in [-0.1, -0.05) is 5.16 Å². The van der Waals surface area contributed by atoms with Gasteiger partial charge in [0.05, 0.1) is 6.54 Å². The van der Waals surface area contributed by atoms with Gasteiger partial charge in [-0.25, -0.2) is 4.79 Å². The molecule has 13 heavy (non-hydrogen) atoms. The van der Waals surface area contributed by atoms with E-state index in [0.29, 0.717) is 0 Å². The summed E-state index contributed by atoms with van der Waals surface area (Å²) in [6, 6.07) is -0.149. The summed E-state index contributed by atoms with van der Waals surface area (Å²) < 4.78 is 0. The van der Waals surface area contributed by atoms with Gasteiger partial charge in [0.25, 0.3) is 0 Å². The highest BCUT2D eigenvalue weighted by atomic mass is 16.4. The molecule has 1 fully saturated rings. The highest BCUT2D eigenvalue weighted by Gasteiger charge is 2.17. The molecule has 0 aromatic rings. The van der Waals surface area contributed by atoms with Crippen molar-refractivity contribution >= 4 is 11.9 Å². The monoisotopic (exact) mass is 186 g/mol. The van der Waals surface area contributed by atoms with Crippen molar-refractivity contribution in [3.05, 3.63) is 0 Å². The zero-order chi connectivity index (χ0) is 9.68. The molecule has 0 spiro atoms. The Bertz CT molecular complexity index is 211. The van der Waals surface area contributed by atoms with Gasteiger partial charge in [0, 0.05) is 13.1 Å². The zero-order valence-corrected chi connectivity index (χ0v) is 7.36. The van der Waals surface area contributed by atoms with Crippen molar-refractivity contribution in [1.82, 2.24) is 10.2 Å². The minimum atomic E-state index is -0.149. The standard InChI is InChI=1S/C7H14N4O2/c8-6(10-13)5-9-7(12)11-3-1-2-4-11/h13H,1-5H2,(H2,8,10)(H,9,12). The van der Waals surface area contributed by atoms with Gasteiger partial charge in [0.15, 0.2) is 5.84 Å². The lowest BCUT2D eigenvalue weighted by molar-refractivity contribution is 0.210. The van der Waals surface area contributed by atoms with E-state index in [-0.39, 0.29) is 18.4 Å². The van der Waals surface area contributed by atoms with Gasteiger partial charge in [-0.2, -0.15) is 0 Å². The molecule has 1 rings (SSSR count). The molecule has 0 aromatic carbocycles. The minimum absolute atomic E-state index is 0.00699. The van der Waals surface area contributed by atoms with E-state index in [0.717, 1.165) is 25.9 Å². The van der Waals surface area contributed by atoms with Crippen molar-refractivity contribution in [1.29, 1.82) is 0 Å². The molecule has 2 amide bonds. The normalized spacial score (nSPS) is 17.5. The molecule has 0 aliphatic carbocycles. The van der Waals surface area contributed by atoms with Gasteiger partial charge in [0.2, 0.25) is 0 Å². The summed E-state index contributed by atoms with van der Waals surface area (Å²) in [7, 11) is 0. The Morgan fingerprint density at radius 3 is 2.69 bits per heavy atom. The first-order valence-electron chi connectivity index (χ1n) is 4.23. The average molecular weight is 186 g/mol. The molecule has 4 N–H and O–H groups in total. The van der Waals surface area contributed by atoms with Crippen LogP contribution in [0.2, 0.25) is 0 Å². The fourth-order valence-corrected chi connectivity index (χ4v) is 1.23. The first-order chi connectivity index (χ1) is 6.24. The molecule has 0 bridgehead atoms. The van der Waals surface area contributed by atoms with Crippen molar-refractivity contribution in [3.63, 3.8) is 0 Å². The molecule has 0 atom stereocenters. The van der Waals surface area contributed by atoms with Crippen LogP contribution in [0.15, 0.2) is 5.16 Å². The van der Waals surface area contributed by atoms with Crippen molar-refractivity contribution in [2.24, 2.45) is 10.9 Å². The number of rotatable bonds is 2. The quantitative estimate of drug-likeness (QED) is 0.236. The summed E-state index contributed by atoms with van der Waals surface area (Å²) >= 11 is 0. The summed E-state index contributed by atoms with van der Waals surface area (Å²) in [5, 5.41) is 13.5. The van der Waals surface area contributed by atoms with Gasteiger partial charge < -0.3 is 21.2 Å². The number of likely N-dealkylation sites (tertiary alicyclic amines) is 1. The topological polar surface area (TPSA) is 91.0 Å². The van der Waals surface area contributed by atoms with Crippen LogP contribution >= 0.6 is 0 Å². The maximum atomic E-state index is 11.3. The Morgan fingerprint density at radius 1 is 1.54 bits per heavy atom. The maximum Gasteiger partial charge on any atom is 0.317 e. The number of urea groups is 1. The lowest BCUT2D eigenvalue weighted by atomic mass is 10.4. The van der Waals surface area contributed by atoms with Crippen LogP contribution in [0.5, 0.6) is 0 Å². The summed E-state index contributed by atoms with van der Waals surface area (Å²) in [4.78, 5) is 13.0. The number of hydrogen-bond acceptors (Lipinski definition) is 3. The number of carbonyl (C=O) groups is 1. The lowest BCUT2D eigenvalue weighted by Gasteiger charge is -2.15. The van der Waals surface area contributed by atoms with E-state index in [2.05, 4.69) is 10.5 Å². The molecule has 74 valence electrons. The molecule has 0 unspecified atom stereocenters. The molecule has 1 saturated heterocycles. The molecular weight excluding hydrogens is 172 g/mol. The van der Waals surface area contributed by atoms with Crippen LogP contribution in [0.3, 0.4) is 0 Å². The van der Waals surface area contributed by atoms with Gasteiger partial charge in [-0.3, -0.25) is 0 Å². The average Bonchev–Trinajstić information content (AvgIpc) is 2.66. The van der Waals surface area contributed by atoms with Gasteiger partial charge in [0.1, 0.15) is 0 Å². The Labute approximate surface area is 76.4 Å². The molecule has 0 saturated carbocycles. The predicted molar refractivity (Wildman–Crippen MR) is 47.6 cm³/mol. The van der Waals surface area contributed by atoms with Crippen molar-refractivity contribution in [2.45, 2.75) is 12.8 Å². The smallest absolute Gasteiger partial charge is 0.317 e. The number of nitrogens with zero attached hydrogens (tertiary/aromatic N) is 2. The van der Waals surface area contributed by atoms with Crippen LogP contribution < -0.4 is 11.1 Å². The summed E-state index contributed by atoms with van der Waals surface area (Å²) in [5.41, 5.74) is 5.19. The third-order valence-electron chi connectivity index (χ3n) is 1.94. The number of hydrogen-bond donors (Lipinski definition) is 3. The van der Waals surface area contributed by atoms with E-state index >= 15 is 0 Å². The minimum Gasteiger partial charge on any atom is -0.409 e. The second kappa shape index (κ2) is 4.54. The van der Waals surface area contributed by atoms with Crippen molar-refractivity contribution in [3.8, 4) is 0 Å². The number of amides is 2. The molecule has 6 heteroatoms. The van der Waals surface area contributed by atoms with E-state index in [1.165, 1.54) is 0 Å². The fourth-order valence-electron chi connectivity index (χ4n) is 1.23. The van der Waals surface area contributed by atoms with Crippen LogP contribution in [-0.2, 0) is 0 Å². The molecule has 1 aliphatic rings. The second-order valence-electron chi connectivity index (χ2n) is 2.94. The van der Waals surface area contributed by atoms with Crippen molar-refractivity contribution < 1.29 is 10.0 Å². The first-order valence-corrected chi connectivity index (χ1v) is 4.23. The third-order valence-corrected chi connectivity index (χ3v) is 1.94. The summed E-state index contributed by atoms with van der Waals surface area (Å²) in [6.45, 7) is 1.68. The molecule has 0 radical (unpaired) electrons. The Kier molecular flexibility index (Phi) is 3.36. The maximum absolute atomic E-state index is 11.3. The van der Waals surface area contributed by atoms with Crippen LogP contribution in [0.1, 0.15) is 12.8 Å². The van der Waals surface area contributed by atoms with Crippen molar-refractivity contribution in [2.75, 3.05) is 19.6 Å². The summed E-state index contributed by atoms with van der Waals surface area (Å²) in [6.07, 6.45) is 2.11. The molecule has 6 nitrogen and oxygen atoms in total. The van der Waals surface area contributed by atoms with E-state index in [9.17, 15) is 4.79 Å². The highest BCUT2D eigenvalue weighted by molar-refractivity contribution is 5.86. The third kappa shape index (κ3) is 2.81. The van der Waals surface area contributed by atoms with Crippen LogP contribution in [0.4, 0.5) is 4.79 Å². The Hall–Kier alpha value is -1.46. The van der Waals surface area contributed by atoms with E-state index < -0.39 is 0 Å². The second-order valence-corrected chi connectivity index (χ2v) is 2.94. The van der Waals surface area contributed by atoms with Gasteiger partial charge >= 0.3 is 6.03 Å². The summed E-state index contributed by atoms with van der Waals surface area (Å²) in [5.74, 6) is 0.00699. The molecule has 0 aromatic heterocycles. The number of nitrogens with two attached hydrogens (primary N) is 1.